The molecule has 0 amide bonds. The minimum absolute atomic E-state index is 0.0422. The fourth-order valence-electron chi connectivity index (χ4n) is 2.34. The highest BCUT2D eigenvalue weighted by molar-refractivity contribution is 6.31. The summed E-state index contributed by atoms with van der Waals surface area (Å²) in [5.74, 6) is 0.458. The summed E-state index contributed by atoms with van der Waals surface area (Å²) in [6, 6.07) is 10.3. The molecule has 0 spiro atoms. The van der Waals surface area contributed by atoms with Crippen LogP contribution in [0.3, 0.4) is 0 Å². The van der Waals surface area contributed by atoms with Crippen LogP contribution in [-0.2, 0) is 0 Å². The van der Waals surface area contributed by atoms with Crippen molar-refractivity contribution in [2.45, 2.75) is 19.3 Å². The van der Waals surface area contributed by atoms with Gasteiger partial charge in [0.25, 0.3) is 0 Å². The lowest BCUT2D eigenvalue weighted by molar-refractivity contribution is 0.628. The second-order valence-corrected chi connectivity index (χ2v) is 5.96. The van der Waals surface area contributed by atoms with Gasteiger partial charge in [0.2, 0.25) is 0 Å². The van der Waals surface area contributed by atoms with Gasteiger partial charge in [-0.1, -0.05) is 17.7 Å². The van der Waals surface area contributed by atoms with E-state index in [4.69, 9.17) is 11.6 Å². The number of hydrogen-bond acceptors (Lipinski definition) is 2. The van der Waals surface area contributed by atoms with Crippen molar-refractivity contribution < 1.29 is 8.78 Å². The minimum Gasteiger partial charge on any atom is -0.340 e. The van der Waals surface area contributed by atoms with E-state index in [0.717, 1.165) is 12.8 Å². The van der Waals surface area contributed by atoms with Crippen molar-refractivity contribution in [1.29, 1.82) is 0 Å². The quantitative estimate of drug-likeness (QED) is 0.712. The van der Waals surface area contributed by atoms with E-state index < -0.39 is 5.82 Å². The zero-order valence-corrected chi connectivity index (χ0v) is 14.1. The summed E-state index contributed by atoms with van der Waals surface area (Å²) in [4.78, 5) is 9.03. The van der Waals surface area contributed by atoms with Gasteiger partial charge in [0.05, 0.1) is 10.7 Å². The van der Waals surface area contributed by atoms with E-state index in [1.165, 1.54) is 24.3 Å². The van der Waals surface area contributed by atoms with Gasteiger partial charge in [-0.25, -0.2) is 18.8 Å². The molecule has 1 aliphatic rings. The van der Waals surface area contributed by atoms with Crippen LogP contribution >= 0.6 is 11.6 Å². The molecule has 3 nitrogen and oxygen atoms in total. The number of rotatable bonds is 2. The highest BCUT2D eigenvalue weighted by atomic mass is 35.5. The summed E-state index contributed by atoms with van der Waals surface area (Å²) in [5.41, 5.74) is 1.28. The average Bonchev–Trinajstić information content (AvgIpc) is 2.57. The third-order valence-corrected chi connectivity index (χ3v) is 3.86. The number of anilines is 1. The molecule has 1 heterocycles. The zero-order valence-electron chi connectivity index (χ0n) is 13.3. The van der Waals surface area contributed by atoms with Crippen molar-refractivity contribution >= 4 is 34.6 Å². The summed E-state index contributed by atoms with van der Waals surface area (Å²) in [6.07, 6.45) is 6.41. The summed E-state index contributed by atoms with van der Waals surface area (Å²) in [6.45, 7) is 0. The number of nitrogens with zero attached hydrogens (tertiary/aromatic N) is 2. The topological polar surface area (TPSA) is 36.8 Å². The Kier molecular flexibility index (Phi) is 5.56. The highest BCUT2D eigenvalue weighted by Crippen LogP contribution is 2.20. The Morgan fingerprint density at radius 2 is 1.88 bits per heavy atom. The van der Waals surface area contributed by atoms with Gasteiger partial charge >= 0.3 is 0 Å². The fourth-order valence-corrected chi connectivity index (χ4v) is 2.52. The average molecular weight is 360 g/mol. The van der Waals surface area contributed by atoms with Crippen molar-refractivity contribution in [2.24, 2.45) is 9.98 Å². The molecular weight excluding hydrogens is 344 g/mol. The van der Waals surface area contributed by atoms with Gasteiger partial charge in [0, 0.05) is 12.1 Å². The standard InChI is InChI=1S/C19H16ClF2N3/c20-16-12-15(10-11-17(16)22)24-19-5-3-1-2-4-18(25-19)23-14-8-6-13(21)7-9-14/h3,5-12H,1-2,4H2,(H,23,24,25)/b5-3-. The lowest BCUT2D eigenvalue weighted by Gasteiger charge is -2.11. The molecule has 3 rings (SSSR count). The summed E-state index contributed by atoms with van der Waals surface area (Å²) >= 11 is 5.81. The SMILES string of the molecule is Fc1ccc(N=C2CCC/C=C\C(Nc3ccc(F)c(Cl)c3)=N2)cc1. The Bertz CT molecular complexity index is 842. The van der Waals surface area contributed by atoms with E-state index in [1.807, 2.05) is 12.2 Å². The first-order valence-corrected chi connectivity index (χ1v) is 8.28. The minimum atomic E-state index is -0.471. The largest absolute Gasteiger partial charge is 0.340 e. The molecule has 0 unspecified atom stereocenters. The van der Waals surface area contributed by atoms with Crippen molar-refractivity contribution in [1.82, 2.24) is 0 Å². The second-order valence-electron chi connectivity index (χ2n) is 5.55. The first-order chi connectivity index (χ1) is 12.1. The lowest BCUT2D eigenvalue weighted by atomic mass is 10.2. The van der Waals surface area contributed by atoms with Crippen LogP contribution in [0, 0.1) is 11.6 Å². The van der Waals surface area contributed by atoms with Gasteiger partial charge < -0.3 is 5.32 Å². The van der Waals surface area contributed by atoms with Gasteiger partial charge in [-0.15, -0.1) is 0 Å². The van der Waals surface area contributed by atoms with Gasteiger partial charge in [-0.3, -0.25) is 0 Å². The van der Waals surface area contributed by atoms with E-state index in [2.05, 4.69) is 15.3 Å². The van der Waals surface area contributed by atoms with Crippen molar-refractivity contribution in [3.8, 4) is 0 Å². The van der Waals surface area contributed by atoms with Gasteiger partial charge in [-0.05, 0) is 61.4 Å². The molecule has 0 aliphatic carbocycles. The van der Waals surface area contributed by atoms with Crippen LogP contribution < -0.4 is 5.32 Å². The summed E-state index contributed by atoms with van der Waals surface area (Å²) in [7, 11) is 0. The van der Waals surface area contributed by atoms with Crippen LogP contribution in [0.4, 0.5) is 20.2 Å². The van der Waals surface area contributed by atoms with E-state index in [-0.39, 0.29) is 10.8 Å². The summed E-state index contributed by atoms with van der Waals surface area (Å²) < 4.78 is 26.3. The molecule has 1 N–H and O–H groups in total. The Hall–Kier alpha value is -2.53. The van der Waals surface area contributed by atoms with Crippen LogP contribution in [0.25, 0.3) is 0 Å². The second kappa shape index (κ2) is 8.03. The van der Waals surface area contributed by atoms with Crippen LogP contribution in [0.15, 0.2) is 64.6 Å². The van der Waals surface area contributed by atoms with Gasteiger partial charge in [0.15, 0.2) is 0 Å². The molecule has 0 fully saturated rings. The van der Waals surface area contributed by atoms with E-state index in [1.54, 1.807) is 18.2 Å². The normalized spacial score (nSPS) is 17.6. The predicted octanol–water partition coefficient (Wildman–Crippen LogP) is 5.90. The molecule has 1 aliphatic heterocycles. The zero-order chi connectivity index (χ0) is 17.6. The van der Waals surface area contributed by atoms with Crippen molar-refractivity contribution in [3.63, 3.8) is 0 Å². The molecule has 6 heteroatoms. The fraction of sp³-hybridized carbons (Fsp3) is 0.158. The molecule has 128 valence electrons. The highest BCUT2D eigenvalue weighted by Gasteiger charge is 2.07. The molecule has 0 radical (unpaired) electrons. The Labute approximate surface area is 149 Å². The third-order valence-electron chi connectivity index (χ3n) is 3.57. The molecule has 0 atom stereocenters. The van der Waals surface area contributed by atoms with E-state index >= 15 is 0 Å². The molecule has 2 aromatic rings. The van der Waals surface area contributed by atoms with Crippen LogP contribution in [0.1, 0.15) is 19.3 Å². The molecule has 0 aromatic heterocycles. The Morgan fingerprint density at radius 3 is 2.64 bits per heavy atom. The number of allylic oxidation sites excluding steroid dienone is 1. The number of hydrogen-bond donors (Lipinski definition) is 1. The lowest BCUT2D eigenvalue weighted by Crippen LogP contribution is -2.13. The first kappa shape index (κ1) is 17.3. The number of nitrogens with one attached hydrogen (secondary N) is 1. The number of benzene rings is 2. The van der Waals surface area contributed by atoms with E-state index in [0.29, 0.717) is 29.5 Å². The number of aliphatic imine (C=N–C) groups is 2. The molecule has 0 bridgehead atoms. The maximum atomic E-state index is 13.3. The maximum Gasteiger partial charge on any atom is 0.141 e. The number of amidine groups is 2. The molecule has 0 saturated heterocycles. The molecule has 2 aromatic carbocycles. The first-order valence-electron chi connectivity index (χ1n) is 7.90. The molecular formula is C19H16ClF2N3. The van der Waals surface area contributed by atoms with Crippen LogP contribution in [-0.4, -0.2) is 11.7 Å². The molecule has 0 saturated carbocycles. The maximum absolute atomic E-state index is 13.3. The summed E-state index contributed by atoms with van der Waals surface area (Å²) in [5, 5.41) is 3.16. The Morgan fingerprint density at radius 1 is 1.08 bits per heavy atom. The van der Waals surface area contributed by atoms with Crippen LogP contribution in [0.5, 0.6) is 0 Å². The Balaban J connectivity index is 1.86. The molecule has 25 heavy (non-hydrogen) atoms. The predicted molar refractivity (Wildman–Crippen MR) is 99.0 cm³/mol. The van der Waals surface area contributed by atoms with Gasteiger partial charge in [-0.2, -0.15) is 0 Å². The van der Waals surface area contributed by atoms with Crippen molar-refractivity contribution in [3.05, 3.63) is 71.3 Å². The smallest absolute Gasteiger partial charge is 0.141 e. The third kappa shape index (κ3) is 4.97. The van der Waals surface area contributed by atoms with Crippen LogP contribution in [0.2, 0.25) is 5.02 Å². The van der Waals surface area contributed by atoms with E-state index in [9.17, 15) is 8.78 Å². The monoisotopic (exact) mass is 359 g/mol. The van der Waals surface area contributed by atoms with Crippen molar-refractivity contribution in [2.75, 3.05) is 5.32 Å². The van der Waals surface area contributed by atoms with Gasteiger partial charge in [0.1, 0.15) is 23.3 Å². The number of halogens is 3.